The number of carboxylic acids is 1. The summed E-state index contributed by atoms with van der Waals surface area (Å²) in [5.74, 6) is -2.48. The Morgan fingerprint density at radius 2 is 2.00 bits per heavy atom. The predicted molar refractivity (Wildman–Crippen MR) is 115 cm³/mol. The molecule has 1 amide bonds. The zero-order valence-electron chi connectivity index (χ0n) is 16.6. The number of aliphatic carboxylic acids is 1. The van der Waals surface area contributed by atoms with Crippen molar-refractivity contribution in [2.24, 2.45) is 11.1 Å². The third-order valence-corrected chi connectivity index (χ3v) is 5.77. The second-order valence-corrected chi connectivity index (χ2v) is 8.02. The van der Waals surface area contributed by atoms with E-state index in [2.05, 4.69) is 31.4 Å². The second kappa shape index (κ2) is 8.91. The number of Topliss-reactive ketones (excluding diaryl/α,β-unsaturated/α-hetero) is 1. The van der Waals surface area contributed by atoms with Crippen LogP contribution in [0.25, 0.3) is 10.8 Å². The van der Waals surface area contributed by atoms with E-state index in [1.165, 1.54) is 0 Å². The van der Waals surface area contributed by atoms with Crippen LogP contribution in [0, 0.1) is 5.92 Å². The number of hydrogen-bond acceptors (Lipinski definition) is 6. The number of alkyl halides is 1. The van der Waals surface area contributed by atoms with E-state index >= 15 is 0 Å². The Balaban J connectivity index is 1.88. The lowest BCUT2D eigenvalue weighted by Gasteiger charge is -2.30. The monoisotopic (exact) mass is 475 g/mol. The molecule has 0 radical (unpaired) electrons. The van der Waals surface area contributed by atoms with Crippen LogP contribution in [0.2, 0.25) is 0 Å². The number of aromatic nitrogens is 1. The average molecular weight is 476 g/mol. The lowest BCUT2D eigenvalue weighted by Crippen LogP contribution is -2.55. The molecule has 30 heavy (non-hydrogen) atoms. The Hall–Kier alpha value is -2.81. The van der Waals surface area contributed by atoms with Crippen molar-refractivity contribution in [2.45, 2.75) is 38.3 Å². The Morgan fingerprint density at radius 3 is 2.67 bits per heavy atom. The van der Waals surface area contributed by atoms with Crippen molar-refractivity contribution in [3.05, 3.63) is 42.2 Å². The minimum Gasteiger partial charge on any atom is -0.481 e. The van der Waals surface area contributed by atoms with E-state index < -0.39 is 35.7 Å². The molecule has 9 heteroatoms. The van der Waals surface area contributed by atoms with Crippen molar-refractivity contribution in [2.75, 3.05) is 5.33 Å². The number of halogens is 1. The van der Waals surface area contributed by atoms with Crippen molar-refractivity contribution in [3.63, 3.8) is 0 Å². The van der Waals surface area contributed by atoms with E-state index in [1.54, 1.807) is 6.20 Å². The molecular weight excluding hydrogens is 454 g/mol. The average Bonchev–Trinajstić information content (AvgIpc) is 3.18. The number of nitrogens with one attached hydrogen (secondary N) is 1. The number of amides is 1. The van der Waals surface area contributed by atoms with Gasteiger partial charge in [0.05, 0.1) is 23.5 Å². The molecule has 1 aliphatic heterocycles. The first-order valence-corrected chi connectivity index (χ1v) is 10.6. The molecule has 158 valence electrons. The summed E-state index contributed by atoms with van der Waals surface area (Å²) in [6.07, 6.45) is 1.32. The van der Waals surface area contributed by atoms with Gasteiger partial charge in [0, 0.05) is 23.9 Å². The van der Waals surface area contributed by atoms with Gasteiger partial charge in [-0.15, -0.1) is 0 Å². The number of fused-ring (bicyclic) bond motifs is 1. The smallest absolute Gasteiger partial charge is 0.305 e. The summed E-state index contributed by atoms with van der Waals surface area (Å²) in [7, 11) is 0. The summed E-state index contributed by atoms with van der Waals surface area (Å²) in [4.78, 5) is 46.5. The molecule has 2 atom stereocenters. The Kier molecular flexibility index (Phi) is 6.50. The van der Waals surface area contributed by atoms with Crippen molar-refractivity contribution in [3.8, 4) is 0 Å². The van der Waals surface area contributed by atoms with Gasteiger partial charge in [-0.2, -0.15) is 0 Å². The fourth-order valence-electron chi connectivity index (χ4n) is 3.41. The molecule has 0 fully saturated rings. The zero-order valence-corrected chi connectivity index (χ0v) is 18.2. The van der Waals surface area contributed by atoms with Gasteiger partial charge >= 0.3 is 5.97 Å². The van der Waals surface area contributed by atoms with Crippen molar-refractivity contribution >= 4 is 50.1 Å². The van der Waals surface area contributed by atoms with Gasteiger partial charge in [-0.1, -0.05) is 59.2 Å². The molecule has 2 heterocycles. The largest absolute Gasteiger partial charge is 0.481 e. The Bertz CT molecular complexity index is 1020. The van der Waals surface area contributed by atoms with Gasteiger partial charge in [-0.25, -0.2) is 0 Å². The van der Waals surface area contributed by atoms with Crippen molar-refractivity contribution < 1.29 is 24.3 Å². The van der Waals surface area contributed by atoms with Gasteiger partial charge in [0.15, 0.2) is 5.78 Å². The number of hydrogen-bond donors (Lipinski definition) is 2. The maximum Gasteiger partial charge on any atom is 0.305 e. The van der Waals surface area contributed by atoms with Crippen LogP contribution in [-0.4, -0.2) is 50.4 Å². The van der Waals surface area contributed by atoms with Gasteiger partial charge in [-0.3, -0.25) is 19.4 Å². The minimum absolute atomic E-state index is 0.0670. The molecule has 2 aromatic rings. The molecule has 0 unspecified atom stereocenters. The van der Waals surface area contributed by atoms with Crippen LogP contribution < -0.4 is 5.32 Å². The number of rotatable bonds is 8. The van der Waals surface area contributed by atoms with Crippen LogP contribution in [0.1, 0.15) is 32.4 Å². The van der Waals surface area contributed by atoms with E-state index in [1.807, 2.05) is 44.2 Å². The normalized spacial score (nSPS) is 19.3. The molecule has 0 spiro atoms. The van der Waals surface area contributed by atoms with Gasteiger partial charge in [0.1, 0.15) is 5.71 Å². The van der Waals surface area contributed by atoms with Gasteiger partial charge in [0.2, 0.25) is 5.60 Å². The number of nitrogens with zero attached hydrogens (tertiary/aromatic N) is 2. The first-order chi connectivity index (χ1) is 14.3. The van der Waals surface area contributed by atoms with E-state index in [4.69, 9.17) is 9.94 Å². The number of pyridine rings is 1. The fourth-order valence-corrected chi connectivity index (χ4v) is 3.80. The number of ketones is 1. The zero-order chi connectivity index (χ0) is 21.9. The second-order valence-electron chi connectivity index (χ2n) is 7.45. The van der Waals surface area contributed by atoms with Crippen molar-refractivity contribution in [1.82, 2.24) is 10.3 Å². The number of carbonyl (C=O) groups excluding carboxylic acids is 2. The highest BCUT2D eigenvalue weighted by atomic mass is 79.9. The molecule has 3 rings (SSSR count). The summed E-state index contributed by atoms with van der Waals surface area (Å²) < 4.78 is 0. The lowest BCUT2D eigenvalue weighted by atomic mass is 9.83. The van der Waals surface area contributed by atoms with Crippen molar-refractivity contribution in [1.29, 1.82) is 0 Å². The molecule has 8 nitrogen and oxygen atoms in total. The summed E-state index contributed by atoms with van der Waals surface area (Å²) in [5.41, 5.74) is -0.212. The van der Waals surface area contributed by atoms with E-state index in [0.29, 0.717) is 11.4 Å². The topological polar surface area (TPSA) is 118 Å². The van der Waals surface area contributed by atoms with Gasteiger partial charge in [0.25, 0.3) is 5.91 Å². The fraction of sp³-hybridized carbons (Fsp3) is 0.381. The minimum atomic E-state index is -1.36. The number of benzene rings is 1. The molecule has 0 aliphatic carbocycles. The standard InChI is InChI=1S/C21H22BrN3O5/c1-12(2)21(20(29)24-15(9-18(27)28)17(26)11-22)10-16(25-30-21)19-14-6-4-3-5-13(14)7-8-23-19/h3-8,12,15H,9-11H2,1-2H3,(H,24,29)(H,27,28)/t15-,21-/m0/s1. The summed E-state index contributed by atoms with van der Waals surface area (Å²) in [6.45, 7) is 3.63. The van der Waals surface area contributed by atoms with Crippen LogP contribution in [0.5, 0.6) is 0 Å². The molecular formula is C21H22BrN3O5. The lowest BCUT2D eigenvalue weighted by molar-refractivity contribution is -0.152. The maximum absolute atomic E-state index is 13.2. The Labute approximate surface area is 181 Å². The highest BCUT2D eigenvalue weighted by Crippen LogP contribution is 2.35. The predicted octanol–water partition coefficient (Wildman–Crippen LogP) is 2.68. The third-order valence-electron chi connectivity index (χ3n) is 5.22. The number of oxime groups is 1. The van der Waals surface area contributed by atoms with Gasteiger partial charge in [-0.05, 0) is 11.5 Å². The van der Waals surface area contributed by atoms with Crippen LogP contribution in [0.3, 0.4) is 0 Å². The molecule has 0 saturated heterocycles. The van der Waals surface area contributed by atoms with Crippen LogP contribution >= 0.6 is 15.9 Å². The van der Waals surface area contributed by atoms with E-state index in [-0.39, 0.29) is 17.7 Å². The molecule has 1 aromatic heterocycles. The highest BCUT2D eigenvalue weighted by Gasteiger charge is 2.50. The molecule has 0 bridgehead atoms. The molecule has 2 N–H and O–H groups in total. The van der Waals surface area contributed by atoms with E-state index in [0.717, 1.165) is 10.8 Å². The summed E-state index contributed by atoms with van der Waals surface area (Å²) in [5, 5.41) is 17.6. The number of carbonyl (C=O) groups is 3. The Morgan fingerprint density at radius 1 is 1.27 bits per heavy atom. The first kappa shape index (κ1) is 21.9. The third kappa shape index (κ3) is 4.21. The number of carboxylic acid groups (broad SMARTS) is 1. The summed E-state index contributed by atoms with van der Waals surface area (Å²) in [6, 6.07) is 8.44. The highest BCUT2D eigenvalue weighted by molar-refractivity contribution is 9.09. The molecule has 0 saturated carbocycles. The van der Waals surface area contributed by atoms with Gasteiger partial charge < -0.3 is 15.3 Å². The molecule has 1 aliphatic rings. The maximum atomic E-state index is 13.2. The SMILES string of the molecule is CC(C)[C@]1(C(=O)N[C@@H](CC(=O)O)C(=O)CBr)CC(c2nccc3ccccc23)=NO1. The van der Waals surface area contributed by atoms with Crippen LogP contribution in [0.4, 0.5) is 0 Å². The van der Waals surface area contributed by atoms with Crippen LogP contribution in [0.15, 0.2) is 41.7 Å². The summed E-state index contributed by atoms with van der Waals surface area (Å²) >= 11 is 3.03. The van der Waals surface area contributed by atoms with E-state index in [9.17, 15) is 14.4 Å². The molecule has 1 aromatic carbocycles. The quantitative estimate of drug-likeness (QED) is 0.566. The first-order valence-electron chi connectivity index (χ1n) is 9.49. The van der Waals surface area contributed by atoms with Crippen LogP contribution in [-0.2, 0) is 19.2 Å².